The number of aryl methyl sites for hydroxylation is 2. The van der Waals surface area contributed by atoms with Gasteiger partial charge in [0.15, 0.2) is 6.61 Å². The third-order valence-corrected chi connectivity index (χ3v) is 4.73. The van der Waals surface area contributed by atoms with E-state index >= 15 is 0 Å². The number of fused-ring (bicyclic) bond motifs is 2. The van der Waals surface area contributed by atoms with Crippen LogP contribution in [0.25, 0.3) is 0 Å². The maximum Gasteiger partial charge on any atom is 0.258 e. The summed E-state index contributed by atoms with van der Waals surface area (Å²) < 4.78 is 11.1. The number of hydrogen-bond acceptors (Lipinski definition) is 4. The van der Waals surface area contributed by atoms with Gasteiger partial charge in [-0.15, -0.1) is 0 Å². The van der Waals surface area contributed by atoms with Gasteiger partial charge in [0.1, 0.15) is 11.5 Å². The molecule has 6 nitrogen and oxygen atoms in total. The minimum Gasteiger partial charge on any atom is -0.484 e. The molecular weight excluding hydrogens is 320 g/mol. The SMILES string of the molecule is O=C1CCc2cc(OCC(=O)NC3CCCc4occc43)ccc2N1. The molecule has 0 bridgehead atoms. The van der Waals surface area contributed by atoms with E-state index < -0.39 is 0 Å². The van der Waals surface area contributed by atoms with Crippen LogP contribution in [0.4, 0.5) is 5.69 Å². The lowest BCUT2D eigenvalue weighted by Crippen LogP contribution is -2.34. The third-order valence-electron chi connectivity index (χ3n) is 4.73. The highest BCUT2D eigenvalue weighted by Gasteiger charge is 2.24. The lowest BCUT2D eigenvalue weighted by atomic mass is 9.93. The zero-order valence-electron chi connectivity index (χ0n) is 13.8. The fraction of sp³-hybridized carbons (Fsp3) is 0.368. The van der Waals surface area contributed by atoms with Crippen LogP contribution < -0.4 is 15.4 Å². The molecule has 4 rings (SSSR count). The van der Waals surface area contributed by atoms with E-state index in [1.165, 1.54) is 0 Å². The molecule has 1 atom stereocenters. The van der Waals surface area contributed by atoms with E-state index in [0.29, 0.717) is 18.6 Å². The number of amides is 2. The molecule has 1 aliphatic carbocycles. The lowest BCUT2D eigenvalue weighted by Gasteiger charge is -2.23. The standard InChI is InChI=1S/C19H20N2O4/c22-18-7-4-12-10-13(5-6-15(12)20-18)25-11-19(23)21-16-2-1-3-17-14(16)8-9-24-17/h5-6,8-10,16H,1-4,7,11H2,(H,20,22)(H,21,23). The zero-order chi connectivity index (χ0) is 17.2. The molecule has 2 aromatic rings. The molecule has 1 aliphatic heterocycles. The van der Waals surface area contributed by atoms with Crippen molar-refractivity contribution < 1.29 is 18.7 Å². The average Bonchev–Trinajstić information content (AvgIpc) is 3.10. The summed E-state index contributed by atoms with van der Waals surface area (Å²) in [5.41, 5.74) is 2.93. The Morgan fingerprint density at radius 3 is 3.12 bits per heavy atom. The molecule has 25 heavy (non-hydrogen) atoms. The van der Waals surface area contributed by atoms with Crippen LogP contribution in [0.15, 0.2) is 34.9 Å². The van der Waals surface area contributed by atoms with Crippen molar-refractivity contribution in [2.75, 3.05) is 11.9 Å². The second-order valence-corrected chi connectivity index (χ2v) is 6.47. The van der Waals surface area contributed by atoms with Crippen molar-refractivity contribution in [3.05, 3.63) is 47.4 Å². The Balaban J connectivity index is 1.35. The Bertz CT molecular complexity index is 812. The quantitative estimate of drug-likeness (QED) is 0.897. The Kier molecular flexibility index (Phi) is 4.17. The first-order valence-electron chi connectivity index (χ1n) is 8.60. The Morgan fingerprint density at radius 1 is 1.28 bits per heavy atom. The fourth-order valence-electron chi connectivity index (χ4n) is 3.47. The van der Waals surface area contributed by atoms with Crippen LogP contribution >= 0.6 is 0 Å². The van der Waals surface area contributed by atoms with E-state index in [1.54, 1.807) is 12.3 Å². The summed E-state index contributed by atoms with van der Waals surface area (Å²) in [7, 11) is 0. The summed E-state index contributed by atoms with van der Waals surface area (Å²) in [6.45, 7) is -0.0329. The maximum atomic E-state index is 12.2. The second kappa shape index (κ2) is 6.63. The predicted molar refractivity (Wildman–Crippen MR) is 91.4 cm³/mol. The molecule has 2 amide bonds. The Hall–Kier alpha value is -2.76. The monoisotopic (exact) mass is 340 g/mol. The Labute approximate surface area is 145 Å². The van der Waals surface area contributed by atoms with Gasteiger partial charge in [0.25, 0.3) is 5.91 Å². The smallest absolute Gasteiger partial charge is 0.258 e. The summed E-state index contributed by atoms with van der Waals surface area (Å²) in [6.07, 6.45) is 5.69. The van der Waals surface area contributed by atoms with Gasteiger partial charge in [-0.05, 0) is 49.1 Å². The minimum absolute atomic E-state index is 0.00246. The first kappa shape index (κ1) is 15.7. The van der Waals surface area contributed by atoms with Crippen LogP contribution in [-0.4, -0.2) is 18.4 Å². The number of carbonyl (C=O) groups is 2. The Morgan fingerprint density at radius 2 is 2.20 bits per heavy atom. The highest BCUT2D eigenvalue weighted by atomic mass is 16.5. The number of hydrogen-bond donors (Lipinski definition) is 2. The average molecular weight is 340 g/mol. The summed E-state index contributed by atoms with van der Waals surface area (Å²) in [5.74, 6) is 1.49. The summed E-state index contributed by atoms with van der Waals surface area (Å²) in [4.78, 5) is 23.6. The van der Waals surface area contributed by atoms with Gasteiger partial charge in [-0.2, -0.15) is 0 Å². The van der Waals surface area contributed by atoms with Crippen molar-refractivity contribution >= 4 is 17.5 Å². The molecule has 0 radical (unpaired) electrons. The molecule has 6 heteroatoms. The summed E-state index contributed by atoms with van der Waals surface area (Å²) >= 11 is 0. The van der Waals surface area contributed by atoms with Gasteiger partial charge in [-0.1, -0.05) is 0 Å². The van der Waals surface area contributed by atoms with Crippen molar-refractivity contribution in [3.8, 4) is 5.75 Å². The van der Waals surface area contributed by atoms with Gasteiger partial charge in [0.2, 0.25) is 5.91 Å². The highest BCUT2D eigenvalue weighted by molar-refractivity contribution is 5.94. The largest absolute Gasteiger partial charge is 0.484 e. The van der Waals surface area contributed by atoms with Crippen molar-refractivity contribution in [2.45, 2.75) is 38.1 Å². The summed E-state index contributed by atoms with van der Waals surface area (Å²) in [6, 6.07) is 7.40. The van der Waals surface area contributed by atoms with Crippen LogP contribution in [0.2, 0.25) is 0 Å². The molecule has 1 aromatic heterocycles. The van der Waals surface area contributed by atoms with E-state index in [-0.39, 0.29) is 24.5 Å². The number of anilines is 1. The van der Waals surface area contributed by atoms with Crippen LogP contribution in [-0.2, 0) is 22.4 Å². The van der Waals surface area contributed by atoms with Crippen molar-refractivity contribution in [2.24, 2.45) is 0 Å². The molecule has 130 valence electrons. The predicted octanol–water partition coefficient (Wildman–Crippen LogP) is 2.74. The molecular formula is C19H20N2O4. The molecule has 2 aliphatic rings. The van der Waals surface area contributed by atoms with E-state index in [1.807, 2.05) is 18.2 Å². The van der Waals surface area contributed by atoms with Crippen LogP contribution in [0, 0.1) is 0 Å². The van der Waals surface area contributed by atoms with E-state index in [0.717, 1.165) is 41.8 Å². The van der Waals surface area contributed by atoms with E-state index in [2.05, 4.69) is 10.6 Å². The molecule has 0 spiro atoms. The van der Waals surface area contributed by atoms with Crippen molar-refractivity contribution in [1.29, 1.82) is 0 Å². The molecule has 1 aromatic carbocycles. The van der Waals surface area contributed by atoms with Crippen molar-refractivity contribution in [3.63, 3.8) is 0 Å². The topological polar surface area (TPSA) is 80.6 Å². The highest BCUT2D eigenvalue weighted by Crippen LogP contribution is 2.30. The second-order valence-electron chi connectivity index (χ2n) is 6.47. The van der Waals surface area contributed by atoms with Crippen molar-refractivity contribution in [1.82, 2.24) is 5.32 Å². The van der Waals surface area contributed by atoms with E-state index in [4.69, 9.17) is 9.15 Å². The minimum atomic E-state index is -0.148. The summed E-state index contributed by atoms with van der Waals surface area (Å²) in [5, 5.41) is 5.85. The number of benzene rings is 1. The van der Waals surface area contributed by atoms with Gasteiger partial charge < -0.3 is 19.8 Å². The van der Waals surface area contributed by atoms with Crippen LogP contribution in [0.3, 0.4) is 0 Å². The van der Waals surface area contributed by atoms with Gasteiger partial charge in [0.05, 0.1) is 12.3 Å². The number of ether oxygens (including phenoxy) is 1. The first-order chi connectivity index (χ1) is 12.2. The van der Waals surface area contributed by atoms with Crippen LogP contribution in [0.5, 0.6) is 5.75 Å². The number of carbonyl (C=O) groups excluding carboxylic acids is 2. The van der Waals surface area contributed by atoms with E-state index in [9.17, 15) is 9.59 Å². The lowest BCUT2D eigenvalue weighted by molar-refractivity contribution is -0.124. The molecule has 0 saturated carbocycles. The first-order valence-corrected chi connectivity index (χ1v) is 8.60. The number of rotatable bonds is 4. The number of furan rings is 1. The maximum absolute atomic E-state index is 12.2. The fourth-order valence-corrected chi connectivity index (χ4v) is 3.47. The molecule has 2 N–H and O–H groups in total. The molecule has 2 heterocycles. The third kappa shape index (κ3) is 3.38. The molecule has 1 unspecified atom stereocenters. The molecule has 0 saturated heterocycles. The van der Waals surface area contributed by atoms with Gasteiger partial charge in [-0.25, -0.2) is 0 Å². The molecule has 0 fully saturated rings. The van der Waals surface area contributed by atoms with Gasteiger partial charge in [-0.3, -0.25) is 9.59 Å². The normalized spacial score (nSPS) is 18.7. The van der Waals surface area contributed by atoms with Gasteiger partial charge >= 0.3 is 0 Å². The number of nitrogens with one attached hydrogen (secondary N) is 2. The zero-order valence-corrected chi connectivity index (χ0v) is 13.8. The van der Waals surface area contributed by atoms with Crippen LogP contribution in [0.1, 0.15) is 42.2 Å². The van der Waals surface area contributed by atoms with Gasteiger partial charge in [0, 0.05) is 24.1 Å².